The predicted octanol–water partition coefficient (Wildman–Crippen LogP) is -2.52. The lowest BCUT2D eigenvalue weighted by Crippen LogP contribution is -2.58. The molecule has 4 amide bonds. The summed E-state index contributed by atoms with van der Waals surface area (Å²) in [6, 6.07) is -4.66. The zero-order chi connectivity index (χ0) is 27.3. The number of primary amides is 1. The lowest BCUT2D eigenvalue weighted by atomic mass is 10.0. The minimum Gasteiger partial charge on any atom is -0.480 e. The molecule has 0 aliphatic carbocycles. The van der Waals surface area contributed by atoms with Gasteiger partial charge < -0.3 is 44.0 Å². The zero-order valence-corrected chi connectivity index (χ0v) is 20.7. The monoisotopic (exact) mass is 500 g/mol. The number of nitrogens with one attached hydrogen (secondary N) is 3. The van der Waals surface area contributed by atoms with Crippen molar-refractivity contribution in [3.05, 3.63) is 0 Å². The zero-order valence-electron chi connectivity index (χ0n) is 20.7. The Kier molecular flexibility index (Phi) is 14.0. The standard InChI is InChI=1S/C21H40N8O6/c1-10(2)8-13(17(31)27-12(20(34)35)6-5-7-26-21(24)25)28-18(32)14(9-15(22)30)29-19(33)16(23)11(3)4/h10-14,16H,5-9,23H2,1-4H3,(H2,22,30)(H,27,31)(H,28,32)(H,29,33)(H,34,35)(H4,24,25,26). The summed E-state index contributed by atoms with van der Waals surface area (Å²) in [4.78, 5) is 64.9. The Labute approximate surface area is 205 Å². The SMILES string of the molecule is CC(C)CC(NC(=O)C(CC(N)=O)NC(=O)C(N)C(C)C)C(=O)NC(CCCN=C(N)N)C(=O)O. The van der Waals surface area contributed by atoms with E-state index >= 15 is 0 Å². The minimum absolute atomic E-state index is 0.0493. The number of hydrogen-bond donors (Lipinski definition) is 8. The Bertz CT molecular complexity index is 782. The summed E-state index contributed by atoms with van der Waals surface area (Å²) < 4.78 is 0. The quantitative estimate of drug-likeness (QED) is 0.0631. The average Bonchev–Trinajstić information content (AvgIpc) is 2.72. The van der Waals surface area contributed by atoms with Crippen LogP contribution >= 0.6 is 0 Å². The lowest BCUT2D eigenvalue weighted by Gasteiger charge is -2.26. The van der Waals surface area contributed by atoms with E-state index in [4.69, 9.17) is 22.9 Å². The average molecular weight is 501 g/mol. The Hall–Kier alpha value is -3.42. The van der Waals surface area contributed by atoms with Crippen molar-refractivity contribution >= 4 is 35.6 Å². The van der Waals surface area contributed by atoms with Gasteiger partial charge in [-0.05, 0) is 31.1 Å². The molecule has 0 radical (unpaired) electrons. The highest BCUT2D eigenvalue weighted by Gasteiger charge is 2.31. The van der Waals surface area contributed by atoms with Gasteiger partial charge in [0.25, 0.3) is 0 Å². The van der Waals surface area contributed by atoms with Crippen LogP contribution in [0.3, 0.4) is 0 Å². The second kappa shape index (κ2) is 15.5. The van der Waals surface area contributed by atoms with E-state index in [0.29, 0.717) is 6.42 Å². The number of carboxylic acids is 1. The molecule has 0 saturated heterocycles. The molecule has 35 heavy (non-hydrogen) atoms. The maximum Gasteiger partial charge on any atom is 0.326 e. The van der Waals surface area contributed by atoms with Gasteiger partial charge in [-0.3, -0.25) is 24.2 Å². The fourth-order valence-electron chi connectivity index (χ4n) is 2.99. The molecule has 0 aliphatic rings. The van der Waals surface area contributed by atoms with Gasteiger partial charge in [0.15, 0.2) is 5.96 Å². The number of carboxylic acid groups (broad SMARTS) is 1. The second-order valence-corrected chi connectivity index (χ2v) is 9.04. The van der Waals surface area contributed by atoms with Crippen LogP contribution in [0, 0.1) is 11.8 Å². The summed E-state index contributed by atoms with van der Waals surface area (Å²) in [5.74, 6) is -4.75. The van der Waals surface area contributed by atoms with Gasteiger partial charge in [0.1, 0.15) is 18.1 Å². The molecular weight excluding hydrogens is 460 g/mol. The van der Waals surface area contributed by atoms with Crippen LogP contribution in [0.2, 0.25) is 0 Å². The van der Waals surface area contributed by atoms with Gasteiger partial charge in [-0.1, -0.05) is 27.7 Å². The summed E-state index contributed by atoms with van der Waals surface area (Å²) in [5, 5.41) is 16.8. The van der Waals surface area contributed by atoms with Gasteiger partial charge in [0.2, 0.25) is 23.6 Å². The minimum atomic E-state index is -1.36. The van der Waals surface area contributed by atoms with Crippen LogP contribution in [0.25, 0.3) is 0 Å². The Balaban J connectivity index is 5.49. The molecule has 200 valence electrons. The van der Waals surface area contributed by atoms with Crippen molar-refractivity contribution in [2.75, 3.05) is 6.54 Å². The van der Waals surface area contributed by atoms with Crippen molar-refractivity contribution in [1.29, 1.82) is 0 Å². The highest BCUT2D eigenvalue weighted by molar-refractivity contribution is 5.96. The van der Waals surface area contributed by atoms with Gasteiger partial charge in [0.05, 0.1) is 12.5 Å². The third-order valence-electron chi connectivity index (χ3n) is 4.96. The van der Waals surface area contributed by atoms with E-state index in [1.54, 1.807) is 27.7 Å². The van der Waals surface area contributed by atoms with E-state index in [1.807, 2.05) is 0 Å². The van der Waals surface area contributed by atoms with Crippen LogP contribution in [0.1, 0.15) is 53.4 Å². The summed E-state index contributed by atoms with van der Waals surface area (Å²) in [6.07, 6.45) is -0.00552. The van der Waals surface area contributed by atoms with E-state index in [2.05, 4.69) is 20.9 Å². The van der Waals surface area contributed by atoms with E-state index in [-0.39, 0.29) is 37.2 Å². The first-order valence-corrected chi connectivity index (χ1v) is 11.4. The van der Waals surface area contributed by atoms with Crippen LogP contribution in [-0.4, -0.2) is 71.4 Å². The fraction of sp³-hybridized carbons (Fsp3) is 0.714. The molecule has 0 heterocycles. The Morgan fingerprint density at radius 1 is 0.829 bits per heavy atom. The number of amides is 4. The molecule has 0 aromatic carbocycles. The molecule has 0 bridgehead atoms. The molecule has 0 saturated carbocycles. The van der Waals surface area contributed by atoms with Crippen LogP contribution in [0.5, 0.6) is 0 Å². The van der Waals surface area contributed by atoms with Crippen molar-refractivity contribution in [3.63, 3.8) is 0 Å². The molecule has 0 aliphatic heterocycles. The first-order valence-electron chi connectivity index (χ1n) is 11.4. The van der Waals surface area contributed by atoms with Crippen LogP contribution < -0.4 is 38.9 Å². The smallest absolute Gasteiger partial charge is 0.326 e. The highest BCUT2D eigenvalue weighted by atomic mass is 16.4. The predicted molar refractivity (Wildman–Crippen MR) is 129 cm³/mol. The van der Waals surface area contributed by atoms with Crippen molar-refractivity contribution in [2.24, 2.45) is 39.8 Å². The lowest BCUT2D eigenvalue weighted by molar-refractivity contribution is -0.142. The highest BCUT2D eigenvalue weighted by Crippen LogP contribution is 2.08. The molecule has 0 aromatic heterocycles. The molecule has 14 heteroatoms. The summed E-state index contributed by atoms with van der Waals surface area (Å²) in [5.41, 5.74) is 21.5. The van der Waals surface area contributed by atoms with E-state index in [1.165, 1.54) is 0 Å². The van der Waals surface area contributed by atoms with E-state index in [0.717, 1.165) is 0 Å². The summed E-state index contributed by atoms with van der Waals surface area (Å²) in [6.45, 7) is 7.22. The van der Waals surface area contributed by atoms with Crippen LogP contribution in [-0.2, 0) is 24.0 Å². The topological polar surface area (TPSA) is 258 Å². The number of nitrogens with zero attached hydrogens (tertiary/aromatic N) is 1. The number of carbonyl (C=O) groups is 5. The molecule has 14 nitrogen and oxygen atoms in total. The van der Waals surface area contributed by atoms with Gasteiger partial charge in [-0.15, -0.1) is 0 Å². The number of aliphatic imine (C=N–C) groups is 1. The molecule has 0 fully saturated rings. The van der Waals surface area contributed by atoms with Crippen molar-refractivity contribution in [3.8, 4) is 0 Å². The van der Waals surface area contributed by atoms with Gasteiger partial charge in [0, 0.05) is 6.54 Å². The Morgan fingerprint density at radius 2 is 1.34 bits per heavy atom. The normalized spacial score (nSPS) is 14.4. The van der Waals surface area contributed by atoms with Gasteiger partial charge in [-0.25, -0.2) is 4.79 Å². The number of nitrogens with two attached hydrogens (primary N) is 4. The van der Waals surface area contributed by atoms with Crippen molar-refractivity contribution in [1.82, 2.24) is 16.0 Å². The maximum atomic E-state index is 12.9. The number of aliphatic carboxylic acids is 1. The number of hydrogen-bond acceptors (Lipinski definition) is 7. The molecular formula is C21H40N8O6. The first-order chi connectivity index (χ1) is 16.1. The third-order valence-corrected chi connectivity index (χ3v) is 4.96. The maximum absolute atomic E-state index is 12.9. The third kappa shape index (κ3) is 13.2. The molecule has 0 aromatic rings. The van der Waals surface area contributed by atoms with Gasteiger partial charge >= 0.3 is 5.97 Å². The van der Waals surface area contributed by atoms with Gasteiger partial charge in [-0.2, -0.15) is 0 Å². The van der Waals surface area contributed by atoms with E-state index in [9.17, 15) is 29.1 Å². The molecule has 12 N–H and O–H groups in total. The van der Waals surface area contributed by atoms with Crippen molar-refractivity contribution < 1.29 is 29.1 Å². The number of carbonyl (C=O) groups excluding carboxylic acids is 4. The summed E-state index contributed by atoms with van der Waals surface area (Å²) in [7, 11) is 0. The summed E-state index contributed by atoms with van der Waals surface area (Å²) >= 11 is 0. The van der Waals surface area contributed by atoms with Crippen LogP contribution in [0.4, 0.5) is 0 Å². The number of guanidine groups is 1. The largest absolute Gasteiger partial charge is 0.480 e. The van der Waals surface area contributed by atoms with E-state index < -0.39 is 60.2 Å². The Morgan fingerprint density at radius 3 is 1.80 bits per heavy atom. The first kappa shape index (κ1) is 31.6. The molecule has 4 unspecified atom stereocenters. The second-order valence-electron chi connectivity index (χ2n) is 9.04. The fourth-order valence-corrected chi connectivity index (χ4v) is 2.99. The molecule has 0 rings (SSSR count). The number of rotatable bonds is 16. The van der Waals surface area contributed by atoms with Crippen molar-refractivity contribution in [2.45, 2.75) is 77.5 Å². The van der Waals surface area contributed by atoms with Crippen LogP contribution in [0.15, 0.2) is 4.99 Å². The molecule has 0 spiro atoms. The molecule has 4 atom stereocenters.